The minimum atomic E-state index is -0.0694. The molecule has 1 aliphatic heterocycles. The van der Waals surface area contributed by atoms with Gasteiger partial charge in [0.15, 0.2) is 0 Å². The molecule has 2 heterocycles. The molecule has 17 heavy (non-hydrogen) atoms. The van der Waals surface area contributed by atoms with E-state index in [1.54, 1.807) is 11.3 Å². The third kappa shape index (κ3) is 3.55. The van der Waals surface area contributed by atoms with E-state index in [2.05, 4.69) is 40.4 Å². The first-order valence-corrected chi connectivity index (χ1v) is 6.79. The van der Waals surface area contributed by atoms with E-state index in [9.17, 15) is 0 Å². The maximum atomic E-state index is 8.64. The lowest BCUT2D eigenvalue weighted by Crippen LogP contribution is -2.49. The predicted molar refractivity (Wildman–Crippen MR) is 71.0 cm³/mol. The first kappa shape index (κ1) is 12.6. The summed E-state index contributed by atoms with van der Waals surface area (Å²) in [5.41, 5.74) is 1.02. The summed E-state index contributed by atoms with van der Waals surface area (Å²) in [5.74, 6) is 5.62. The van der Waals surface area contributed by atoms with Crippen molar-refractivity contribution in [1.82, 2.24) is 10.2 Å². The fourth-order valence-electron chi connectivity index (χ4n) is 1.99. The predicted octanol–water partition coefficient (Wildman–Crippen LogP) is 0.886. The Morgan fingerprint density at radius 1 is 1.65 bits per heavy atom. The van der Waals surface area contributed by atoms with Gasteiger partial charge in [0, 0.05) is 48.0 Å². The second-order valence-electron chi connectivity index (χ2n) is 4.29. The van der Waals surface area contributed by atoms with Gasteiger partial charge in [0.05, 0.1) is 0 Å². The summed E-state index contributed by atoms with van der Waals surface area (Å²) in [5, 5.41) is 14.1. The molecule has 4 heteroatoms. The molecular weight excluding hydrogens is 232 g/mol. The molecule has 1 aromatic rings. The van der Waals surface area contributed by atoms with Crippen LogP contribution in [0.4, 0.5) is 0 Å². The highest BCUT2D eigenvalue weighted by molar-refractivity contribution is 7.10. The van der Waals surface area contributed by atoms with Crippen LogP contribution in [-0.2, 0) is 6.54 Å². The molecular formula is C13H18N2OS. The van der Waals surface area contributed by atoms with Gasteiger partial charge in [-0.3, -0.25) is 4.90 Å². The van der Waals surface area contributed by atoms with E-state index in [-0.39, 0.29) is 6.61 Å². The summed E-state index contributed by atoms with van der Waals surface area (Å²) in [7, 11) is 0. The van der Waals surface area contributed by atoms with Crippen molar-refractivity contribution >= 4 is 11.3 Å². The number of thiophene rings is 1. The van der Waals surface area contributed by atoms with Crippen LogP contribution in [0.1, 0.15) is 17.4 Å². The van der Waals surface area contributed by atoms with Crippen LogP contribution in [-0.4, -0.2) is 42.3 Å². The molecule has 2 rings (SSSR count). The van der Waals surface area contributed by atoms with E-state index >= 15 is 0 Å². The number of rotatable bonds is 2. The third-order valence-electron chi connectivity index (χ3n) is 2.96. The Labute approximate surface area is 106 Å². The topological polar surface area (TPSA) is 35.5 Å². The van der Waals surface area contributed by atoms with Crippen LogP contribution in [0.25, 0.3) is 0 Å². The lowest BCUT2D eigenvalue weighted by atomic mass is 10.2. The average Bonchev–Trinajstić information content (AvgIpc) is 2.77. The highest BCUT2D eigenvalue weighted by Gasteiger charge is 2.18. The number of nitrogens with zero attached hydrogens (tertiary/aromatic N) is 1. The molecule has 0 amide bonds. The molecule has 0 aromatic carbocycles. The Kier molecular flexibility index (Phi) is 4.57. The van der Waals surface area contributed by atoms with E-state index in [0.29, 0.717) is 6.04 Å². The van der Waals surface area contributed by atoms with Crippen molar-refractivity contribution in [2.75, 3.05) is 26.2 Å². The molecule has 1 fully saturated rings. The zero-order chi connectivity index (χ0) is 12.1. The summed E-state index contributed by atoms with van der Waals surface area (Å²) in [6, 6.07) is 2.72. The van der Waals surface area contributed by atoms with E-state index < -0.39 is 0 Å². The fraction of sp³-hybridized carbons (Fsp3) is 0.538. The summed E-state index contributed by atoms with van der Waals surface area (Å²) < 4.78 is 0. The SMILES string of the molecule is CC1CNCCN1Cc1cc(C#CCO)cs1. The van der Waals surface area contributed by atoms with Crippen LogP contribution in [0.5, 0.6) is 0 Å². The van der Waals surface area contributed by atoms with E-state index in [0.717, 1.165) is 31.7 Å². The number of hydrogen-bond donors (Lipinski definition) is 2. The van der Waals surface area contributed by atoms with Crippen molar-refractivity contribution in [3.63, 3.8) is 0 Å². The smallest absolute Gasteiger partial charge is 0.104 e. The number of aliphatic hydroxyl groups is 1. The number of aliphatic hydroxyl groups excluding tert-OH is 1. The molecule has 3 nitrogen and oxygen atoms in total. The number of nitrogens with one attached hydrogen (secondary N) is 1. The van der Waals surface area contributed by atoms with Gasteiger partial charge in [0.25, 0.3) is 0 Å². The quantitative estimate of drug-likeness (QED) is 0.765. The lowest BCUT2D eigenvalue weighted by molar-refractivity contribution is 0.167. The first-order chi connectivity index (χ1) is 8.29. The molecule has 1 atom stereocenters. The van der Waals surface area contributed by atoms with Crippen molar-refractivity contribution in [2.45, 2.75) is 19.5 Å². The Morgan fingerprint density at radius 3 is 3.29 bits per heavy atom. The highest BCUT2D eigenvalue weighted by Crippen LogP contribution is 2.18. The normalized spacial score (nSPS) is 20.9. The molecule has 0 bridgehead atoms. The van der Waals surface area contributed by atoms with E-state index in [1.165, 1.54) is 4.88 Å². The summed E-state index contributed by atoms with van der Waals surface area (Å²) in [6.45, 7) is 6.45. The van der Waals surface area contributed by atoms with Crippen molar-refractivity contribution in [3.05, 3.63) is 21.9 Å². The van der Waals surface area contributed by atoms with Crippen molar-refractivity contribution < 1.29 is 5.11 Å². The molecule has 92 valence electrons. The van der Waals surface area contributed by atoms with Crippen LogP contribution < -0.4 is 5.32 Å². The van der Waals surface area contributed by atoms with Gasteiger partial charge in [-0.1, -0.05) is 11.8 Å². The molecule has 0 radical (unpaired) electrons. The minimum Gasteiger partial charge on any atom is -0.384 e. The van der Waals surface area contributed by atoms with Crippen molar-refractivity contribution in [2.24, 2.45) is 0 Å². The van der Waals surface area contributed by atoms with Gasteiger partial charge >= 0.3 is 0 Å². The van der Waals surface area contributed by atoms with Gasteiger partial charge in [-0.05, 0) is 13.0 Å². The second-order valence-corrected chi connectivity index (χ2v) is 5.28. The van der Waals surface area contributed by atoms with Gasteiger partial charge < -0.3 is 10.4 Å². The monoisotopic (exact) mass is 250 g/mol. The molecule has 0 aliphatic carbocycles. The Morgan fingerprint density at radius 2 is 2.53 bits per heavy atom. The average molecular weight is 250 g/mol. The molecule has 1 unspecified atom stereocenters. The minimum absolute atomic E-state index is 0.0694. The highest BCUT2D eigenvalue weighted by atomic mass is 32.1. The number of hydrogen-bond acceptors (Lipinski definition) is 4. The zero-order valence-electron chi connectivity index (χ0n) is 10.1. The van der Waals surface area contributed by atoms with Crippen LogP contribution in [0.2, 0.25) is 0 Å². The van der Waals surface area contributed by atoms with E-state index in [1.807, 2.05) is 0 Å². The van der Waals surface area contributed by atoms with Gasteiger partial charge in [0.1, 0.15) is 6.61 Å². The zero-order valence-corrected chi connectivity index (χ0v) is 10.9. The molecule has 1 saturated heterocycles. The van der Waals surface area contributed by atoms with Crippen molar-refractivity contribution in [1.29, 1.82) is 0 Å². The van der Waals surface area contributed by atoms with Gasteiger partial charge in [0.2, 0.25) is 0 Å². The summed E-state index contributed by atoms with van der Waals surface area (Å²) in [4.78, 5) is 3.84. The molecule has 2 N–H and O–H groups in total. The second kappa shape index (κ2) is 6.18. The fourth-order valence-corrected chi connectivity index (χ4v) is 2.83. The van der Waals surface area contributed by atoms with Crippen LogP contribution >= 0.6 is 11.3 Å². The van der Waals surface area contributed by atoms with Crippen LogP contribution in [0.15, 0.2) is 11.4 Å². The van der Waals surface area contributed by atoms with Crippen LogP contribution in [0.3, 0.4) is 0 Å². The Balaban J connectivity index is 1.96. The van der Waals surface area contributed by atoms with Crippen molar-refractivity contribution in [3.8, 4) is 11.8 Å². The largest absolute Gasteiger partial charge is 0.384 e. The van der Waals surface area contributed by atoms with E-state index in [4.69, 9.17) is 5.11 Å². The maximum Gasteiger partial charge on any atom is 0.104 e. The Hall–Kier alpha value is -0.860. The molecule has 0 saturated carbocycles. The third-order valence-corrected chi connectivity index (χ3v) is 3.88. The maximum absolute atomic E-state index is 8.64. The van der Waals surface area contributed by atoms with Crippen LogP contribution in [0, 0.1) is 11.8 Å². The van der Waals surface area contributed by atoms with Gasteiger partial charge in [-0.2, -0.15) is 0 Å². The Bertz CT molecular complexity index is 419. The molecule has 1 aliphatic rings. The molecule has 0 spiro atoms. The van der Waals surface area contributed by atoms with Gasteiger partial charge in [-0.25, -0.2) is 0 Å². The lowest BCUT2D eigenvalue weighted by Gasteiger charge is -2.33. The molecule has 1 aromatic heterocycles. The number of piperazine rings is 1. The first-order valence-electron chi connectivity index (χ1n) is 5.91. The standard InChI is InChI=1S/C13H18N2OS/c1-11-8-14-4-5-15(11)9-13-7-12(10-17-13)3-2-6-16/h7,10-11,14,16H,4-6,8-9H2,1H3. The van der Waals surface area contributed by atoms with Gasteiger partial charge in [-0.15, -0.1) is 11.3 Å². The summed E-state index contributed by atoms with van der Waals surface area (Å²) in [6.07, 6.45) is 0. The summed E-state index contributed by atoms with van der Waals surface area (Å²) >= 11 is 1.75.